The number of hydrogen-bond donors (Lipinski definition) is 0. The Bertz CT molecular complexity index is 724. The summed E-state index contributed by atoms with van der Waals surface area (Å²) < 4.78 is -1.56. The Morgan fingerprint density at radius 3 is 1.90 bits per heavy atom. The third-order valence-electron chi connectivity index (χ3n) is 3.71. The highest BCUT2D eigenvalue weighted by Gasteiger charge is 2.60. The molecule has 4 heteroatoms. The Kier molecular flexibility index (Phi) is 3.33. The highest BCUT2D eigenvalue weighted by Crippen LogP contribution is 2.45. The van der Waals surface area contributed by atoms with Gasteiger partial charge in [0.15, 0.2) is 10.1 Å². The van der Waals surface area contributed by atoms with Crippen molar-refractivity contribution >= 4 is 33.3 Å². The van der Waals surface area contributed by atoms with Gasteiger partial charge in [0, 0.05) is 0 Å². The lowest BCUT2D eigenvalue weighted by molar-refractivity contribution is -0.135. The van der Waals surface area contributed by atoms with E-state index in [0.29, 0.717) is 11.1 Å². The molecule has 2 aromatic carbocycles. The Balaban J connectivity index is 2.12. The fourth-order valence-corrected chi connectivity index (χ4v) is 3.31. The molecule has 0 amide bonds. The maximum absolute atomic E-state index is 12.8. The van der Waals surface area contributed by atoms with Crippen molar-refractivity contribution in [3.8, 4) is 0 Å². The van der Waals surface area contributed by atoms with Crippen LogP contribution in [0.5, 0.6) is 0 Å². The molecule has 1 fully saturated rings. The van der Waals surface area contributed by atoms with Crippen LogP contribution in [0.2, 0.25) is 0 Å². The maximum Gasteiger partial charge on any atom is 0.228 e. The second-order valence-electron chi connectivity index (χ2n) is 4.93. The molecule has 1 aliphatic carbocycles. The van der Waals surface area contributed by atoms with Gasteiger partial charge in [0.05, 0.1) is 0 Å². The fourth-order valence-electron chi connectivity index (χ4n) is 2.62. The Morgan fingerprint density at radius 1 is 0.810 bits per heavy atom. The normalized spacial score (nSPS) is 25.4. The highest BCUT2D eigenvalue weighted by atomic mass is 79.9. The SMILES string of the molecule is O=C1C(=O)C(Br)(c2ccccc2)C(=O)C1c1ccccc1. The van der Waals surface area contributed by atoms with Crippen LogP contribution in [0.3, 0.4) is 0 Å². The highest BCUT2D eigenvalue weighted by molar-refractivity contribution is 9.10. The van der Waals surface area contributed by atoms with Crippen molar-refractivity contribution in [1.29, 1.82) is 0 Å². The first kappa shape index (κ1) is 13.9. The molecule has 2 unspecified atom stereocenters. The molecule has 1 saturated carbocycles. The van der Waals surface area contributed by atoms with Gasteiger partial charge in [-0.15, -0.1) is 0 Å². The van der Waals surface area contributed by atoms with E-state index in [-0.39, 0.29) is 0 Å². The standard InChI is InChI=1S/C17H11BrO3/c18-17(12-9-5-2-6-10-12)15(20)13(14(19)16(17)21)11-7-3-1-4-8-11/h1-10,13H. The molecule has 3 rings (SSSR count). The minimum atomic E-state index is -1.56. The summed E-state index contributed by atoms with van der Waals surface area (Å²) in [5.74, 6) is -2.81. The Hall–Kier alpha value is -2.07. The Labute approximate surface area is 130 Å². The zero-order valence-corrected chi connectivity index (χ0v) is 12.5. The number of carbonyl (C=O) groups is 3. The molecule has 0 aliphatic heterocycles. The van der Waals surface area contributed by atoms with Gasteiger partial charge < -0.3 is 0 Å². The molecule has 2 atom stereocenters. The van der Waals surface area contributed by atoms with Crippen molar-refractivity contribution in [2.24, 2.45) is 0 Å². The second-order valence-corrected chi connectivity index (χ2v) is 6.12. The van der Waals surface area contributed by atoms with Gasteiger partial charge in [-0.1, -0.05) is 76.6 Å². The summed E-state index contributed by atoms with van der Waals surface area (Å²) >= 11 is 3.24. The van der Waals surface area contributed by atoms with E-state index in [4.69, 9.17) is 0 Å². The van der Waals surface area contributed by atoms with Gasteiger partial charge in [0.25, 0.3) is 0 Å². The maximum atomic E-state index is 12.8. The third-order valence-corrected chi connectivity index (χ3v) is 4.91. The molecule has 21 heavy (non-hydrogen) atoms. The van der Waals surface area contributed by atoms with Gasteiger partial charge in [0.1, 0.15) is 5.92 Å². The van der Waals surface area contributed by atoms with E-state index in [2.05, 4.69) is 15.9 Å². The first-order valence-corrected chi connectivity index (χ1v) is 7.28. The molecule has 0 heterocycles. The average Bonchev–Trinajstić information content (AvgIpc) is 2.71. The average molecular weight is 343 g/mol. The minimum absolute atomic E-state index is 0.421. The third kappa shape index (κ3) is 1.98. The first-order chi connectivity index (χ1) is 10.1. The molecule has 0 saturated heterocycles. The largest absolute Gasteiger partial charge is 0.296 e. The zero-order chi connectivity index (χ0) is 15.0. The number of rotatable bonds is 2. The lowest BCUT2D eigenvalue weighted by Crippen LogP contribution is -2.32. The van der Waals surface area contributed by atoms with Crippen molar-refractivity contribution in [2.75, 3.05) is 0 Å². The van der Waals surface area contributed by atoms with E-state index >= 15 is 0 Å². The summed E-state index contributed by atoms with van der Waals surface area (Å²) in [6.45, 7) is 0. The molecular formula is C17H11BrO3. The van der Waals surface area contributed by atoms with Gasteiger partial charge in [-0.05, 0) is 11.1 Å². The molecule has 0 radical (unpaired) electrons. The summed E-state index contributed by atoms with van der Waals surface area (Å²) in [4.78, 5) is 37.5. The number of alkyl halides is 1. The summed E-state index contributed by atoms with van der Waals surface area (Å²) in [5, 5.41) is 0. The monoisotopic (exact) mass is 342 g/mol. The summed E-state index contributed by atoms with van der Waals surface area (Å²) in [6, 6.07) is 17.3. The molecule has 1 aliphatic rings. The summed E-state index contributed by atoms with van der Waals surface area (Å²) in [7, 11) is 0. The van der Waals surface area contributed by atoms with E-state index in [1.165, 1.54) is 0 Å². The minimum Gasteiger partial charge on any atom is -0.296 e. The van der Waals surface area contributed by atoms with Crippen molar-refractivity contribution < 1.29 is 14.4 Å². The van der Waals surface area contributed by atoms with Crippen LogP contribution in [0.25, 0.3) is 0 Å². The first-order valence-electron chi connectivity index (χ1n) is 6.49. The van der Waals surface area contributed by atoms with Gasteiger partial charge >= 0.3 is 0 Å². The molecule has 0 spiro atoms. The van der Waals surface area contributed by atoms with E-state index in [9.17, 15) is 14.4 Å². The predicted molar refractivity (Wildman–Crippen MR) is 81.3 cm³/mol. The smallest absolute Gasteiger partial charge is 0.228 e. The predicted octanol–water partition coefficient (Wildman–Crippen LogP) is 2.78. The lowest BCUT2D eigenvalue weighted by Gasteiger charge is -2.18. The van der Waals surface area contributed by atoms with E-state index in [1.54, 1.807) is 60.7 Å². The molecule has 0 N–H and O–H groups in total. The second kappa shape index (κ2) is 5.04. The summed E-state index contributed by atoms with van der Waals surface area (Å²) in [5.41, 5.74) is 1.05. The topological polar surface area (TPSA) is 51.2 Å². The van der Waals surface area contributed by atoms with Crippen LogP contribution in [0, 0.1) is 0 Å². The van der Waals surface area contributed by atoms with Crippen LogP contribution in [0.15, 0.2) is 60.7 Å². The number of benzene rings is 2. The molecule has 104 valence electrons. The van der Waals surface area contributed by atoms with Gasteiger partial charge in [-0.3, -0.25) is 14.4 Å². The van der Waals surface area contributed by atoms with Crippen molar-refractivity contribution in [3.63, 3.8) is 0 Å². The van der Waals surface area contributed by atoms with Crippen molar-refractivity contribution in [3.05, 3.63) is 71.8 Å². The van der Waals surface area contributed by atoms with Crippen LogP contribution in [0.1, 0.15) is 17.0 Å². The molecule has 3 nitrogen and oxygen atoms in total. The number of Topliss-reactive ketones (excluding diaryl/α,β-unsaturated/α-hetero) is 3. The molecule has 2 aromatic rings. The molecular weight excluding hydrogens is 332 g/mol. The Morgan fingerprint density at radius 2 is 1.33 bits per heavy atom. The number of hydrogen-bond acceptors (Lipinski definition) is 3. The van der Waals surface area contributed by atoms with Gasteiger partial charge in [-0.25, -0.2) is 0 Å². The van der Waals surface area contributed by atoms with E-state index in [1.807, 2.05) is 0 Å². The number of halogens is 1. The van der Waals surface area contributed by atoms with E-state index < -0.39 is 27.6 Å². The van der Waals surface area contributed by atoms with Crippen LogP contribution in [0.4, 0.5) is 0 Å². The van der Waals surface area contributed by atoms with Gasteiger partial charge in [-0.2, -0.15) is 0 Å². The van der Waals surface area contributed by atoms with Crippen LogP contribution < -0.4 is 0 Å². The van der Waals surface area contributed by atoms with Crippen LogP contribution >= 0.6 is 15.9 Å². The molecule has 0 aromatic heterocycles. The fraction of sp³-hybridized carbons (Fsp3) is 0.118. The molecule has 0 bridgehead atoms. The number of ketones is 3. The summed E-state index contributed by atoms with van der Waals surface area (Å²) in [6.07, 6.45) is 0. The number of carbonyl (C=O) groups excluding carboxylic acids is 3. The zero-order valence-electron chi connectivity index (χ0n) is 11.0. The van der Waals surface area contributed by atoms with Gasteiger partial charge in [0.2, 0.25) is 11.6 Å². The van der Waals surface area contributed by atoms with Crippen LogP contribution in [-0.2, 0) is 18.7 Å². The van der Waals surface area contributed by atoms with Crippen LogP contribution in [-0.4, -0.2) is 17.3 Å². The van der Waals surface area contributed by atoms with Crippen molar-refractivity contribution in [1.82, 2.24) is 0 Å². The van der Waals surface area contributed by atoms with Crippen molar-refractivity contribution in [2.45, 2.75) is 10.2 Å². The quantitative estimate of drug-likeness (QED) is 0.479. The lowest BCUT2D eigenvalue weighted by atomic mass is 9.91. The van der Waals surface area contributed by atoms with E-state index in [0.717, 1.165) is 0 Å².